The maximum atomic E-state index is 11.8. The number of rotatable bonds is 2. The van der Waals surface area contributed by atoms with E-state index in [1.807, 2.05) is 6.07 Å². The molecule has 2 atom stereocenters. The van der Waals surface area contributed by atoms with Gasteiger partial charge in [-0.05, 0) is 49.9 Å². The Hall–Kier alpha value is -1.61. The maximum Gasteiger partial charge on any atom is 0.336 e. The number of benzene rings is 1. The van der Waals surface area contributed by atoms with Gasteiger partial charge in [0.1, 0.15) is 12.1 Å². The first-order valence-corrected chi connectivity index (χ1v) is 7.90. The molecule has 1 fully saturated rings. The number of piperidine rings is 1. The van der Waals surface area contributed by atoms with Crippen LogP contribution in [0.2, 0.25) is 0 Å². The van der Waals surface area contributed by atoms with Gasteiger partial charge >= 0.3 is 5.63 Å². The van der Waals surface area contributed by atoms with Crippen molar-refractivity contribution in [1.29, 1.82) is 0 Å². The van der Waals surface area contributed by atoms with E-state index in [-0.39, 0.29) is 5.63 Å². The molecular formula is C18H24NO2+. The highest BCUT2D eigenvalue weighted by atomic mass is 16.4. The molecule has 0 amide bonds. The summed E-state index contributed by atoms with van der Waals surface area (Å²) in [7, 11) is 0. The van der Waals surface area contributed by atoms with E-state index in [9.17, 15) is 4.79 Å². The molecule has 1 unspecified atom stereocenters. The Labute approximate surface area is 125 Å². The van der Waals surface area contributed by atoms with Gasteiger partial charge in [-0.2, -0.15) is 0 Å². The second-order valence-corrected chi connectivity index (χ2v) is 6.65. The smallest absolute Gasteiger partial charge is 0.336 e. The fourth-order valence-corrected chi connectivity index (χ4v) is 3.46. The molecule has 0 saturated carbocycles. The molecule has 3 nitrogen and oxygen atoms in total. The summed E-state index contributed by atoms with van der Waals surface area (Å²) in [6.07, 6.45) is 2.62. The molecule has 3 heteroatoms. The summed E-state index contributed by atoms with van der Waals surface area (Å²) in [6, 6.07) is 5.84. The van der Waals surface area contributed by atoms with Gasteiger partial charge in [0.25, 0.3) is 0 Å². The van der Waals surface area contributed by atoms with Crippen molar-refractivity contribution in [3.63, 3.8) is 0 Å². The Morgan fingerprint density at radius 2 is 2.00 bits per heavy atom. The lowest BCUT2D eigenvalue weighted by Crippen LogP contribution is -3.12. The van der Waals surface area contributed by atoms with E-state index in [2.05, 4.69) is 26.8 Å². The van der Waals surface area contributed by atoms with Gasteiger partial charge in [-0.3, -0.25) is 0 Å². The Kier molecular flexibility index (Phi) is 3.85. The van der Waals surface area contributed by atoms with Crippen LogP contribution in [0.5, 0.6) is 0 Å². The van der Waals surface area contributed by atoms with Crippen LogP contribution in [0.4, 0.5) is 0 Å². The Balaban J connectivity index is 2.00. The van der Waals surface area contributed by atoms with Gasteiger partial charge < -0.3 is 9.32 Å². The fourth-order valence-electron chi connectivity index (χ4n) is 3.46. The van der Waals surface area contributed by atoms with Crippen molar-refractivity contribution in [2.75, 3.05) is 13.1 Å². The highest BCUT2D eigenvalue weighted by Crippen LogP contribution is 2.21. The van der Waals surface area contributed by atoms with Gasteiger partial charge in [0, 0.05) is 22.9 Å². The minimum absolute atomic E-state index is 0.231. The lowest BCUT2D eigenvalue weighted by molar-refractivity contribution is -0.922. The van der Waals surface area contributed by atoms with Crippen LogP contribution in [0.3, 0.4) is 0 Å². The van der Waals surface area contributed by atoms with E-state index in [0.29, 0.717) is 0 Å². The fraction of sp³-hybridized carbons (Fsp3) is 0.500. The molecule has 1 saturated heterocycles. The van der Waals surface area contributed by atoms with Gasteiger partial charge in [0.05, 0.1) is 13.1 Å². The summed E-state index contributed by atoms with van der Waals surface area (Å²) < 4.78 is 5.38. The maximum absolute atomic E-state index is 11.8. The van der Waals surface area contributed by atoms with Crippen molar-refractivity contribution < 1.29 is 9.32 Å². The van der Waals surface area contributed by atoms with E-state index in [1.54, 1.807) is 11.0 Å². The summed E-state index contributed by atoms with van der Waals surface area (Å²) in [5.41, 5.74) is 4.05. The number of fused-ring (bicyclic) bond motifs is 1. The Morgan fingerprint density at radius 1 is 1.24 bits per heavy atom. The lowest BCUT2D eigenvalue weighted by atomic mass is 9.98. The van der Waals surface area contributed by atoms with Crippen LogP contribution in [0, 0.1) is 19.8 Å². The van der Waals surface area contributed by atoms with Crippen molar-refractivity contribution in [1.82, 2.24) is 0 Å². The molecule has 1 aromatic carbocycles. The second kappa shape index (κ2) is 5.64. The highest BCUT2D eigenvalue weighted by Gasteiger charge is 2.21. The van der Waals surface area contributed by atoms with Gasteiger partial charge in [-0.25, -0.2) is 4.79 Å². The predicted molar refractivity (Wildman–Crippen MR) is 84.8 cm³/mol. The summed E-state index contributed by atoms with van der Waals surface area (Å²) in [5.74, 6) is 0.782. The minimum atomic E-state index is -0.231. The zero-order valence-corrected chi connectivity index (χ0v) is 13.2. The monoisotopic (exact) mass is 286 g/mol. The van der Waals surface area contributed by atoms with Crippen molar-refractivity contribution >= 4 is 11.0 Å². The topological polar surface area (TPSA) is 34.6 Å². The molecule has 1 aliphatic rings. The van der Waals surface area contributed by atoms with Crippen LogP contribution >= 0.6 is 0 Å². The zero-order chi connectivity index (χ0) is 15.0. The molecule has 0 spiro atoms. The van der Waals surface area contributed by atoms with Crippen LogP contribution in [0.25, 0.3) is 11.0 Å². The normalized spacial score (nSPS) is 22.6. The van der Waals surface area contributed by atoms with E-state index in [4.69, 9.17) is 4.42 Å². The summed E-state index contributed by atoms with van der Waals surface area (Å²) in [6.45, 7) is 9.82. The molecule has 112 valence electrons. The van der Waals surface area contributed by atoms with Crippen LogP contribution in [0.15, 0.2) is 27.4 Å². The highest BCUT2D eigenvalue weighted by molar-refractivity contribution is 5.81. The number of likely N-dealkylation sites (tertiary alicyclic amines) is 1. The molecule has 1 aromatic heterocycles. The number of aryl methyl sites for hydroxylation is 2. The van der Waals surface area contributed by atoms with Gasteiger partial charge in [0.15, 0.2) is 0 Å². The quantitative estimate of drug-likeness (QED) is 0.859. The third kappa shape index (κ3) is 3.03. The number of nitrogens with one attached hydrogen (secondary N) is 1. The number of hydrogen-bond acceptors (Lipinski definition) is 2. The number of hydrogen-bond donors (Lipinski definition) is 1. The first kappa shape index (κ1) is 14.3. The SMILES string of the molecule is Cc1cc2oc(=O)cc(C[NH+]3CCC[C@@H](C)C3)c2cc1C. The van der Waals surface area contributed by atoms with Crippen molar-refractivity contribution in [2.24, 2.45) is 5.92 Å². The Morgan fingerprint density at radius 3 is 2.76 bits per heavy atom. The van der Waals surface area contributed by atoms with Gasteiger partial charge in [-0.1, -0.05) is 6.92 Å². The van der Waals surface area contributed by atoms with Crippen LogP contribution in [0.1, 0.15) is 36.5 Å². The summed E-state index contributed by atoms with van der Waals surface area (Å²) in [5, 5.41) is 1.10. The van der Waals surface area contributed by atoms with Crippen molar-refractivity contribution in [3.8, 4) is 0 Å². The summed E-state index contributed by atoms with van der Waals surface area (Å²) in [4.78, 5) is 13.4. The minimum Gasteiger partial charge on any atom is -0.423 e. The molecule has 0 radical (unpaired) electrons. The molecule has 2 aromatic rings. The first-order valence-electron chi connectivity index (χ1n) is 7.90. The van der Waals surface area contributed by atoms with E-state index in [0.717, 1.165) is 29.0 Å². The standard InChI is InChI=1S/C18H23NO2/c1-12-5-4-6-19(10-12)11-15-9-18(20)21-17-8-14(3)13(2)7-16(15)17/h7-9,12H,4-6,10-11H2,1-3H3/p+1/t12-/m1/s1. The third-order valence-corrected chi connectivity index (χ3v) is 4.75. The molecular weight excluding hydrogens is 262 g/mol. The molecule has 0 aliphatic carbocycles. The van der Waals surface area contributed by atoms with E-state index in [1.165, 1.54) is 37.1 Å². The molecule has 2 heterocycles. The lowest BCUT2D eigenvalue weighted by Gasteiger charge is -2.28. The van der Waals surface area contributed by atoms with Gasteiger partial charge in [0.2, 0.25) is 0 Å². The van der Waals surface area contributed by atoms with Crippen LogP contribution in [-0.4, -0.2) is 13.1 Å². The van der Waals surface area contributed by atoms with Crippen molar-refractivity contribution in [3.05, 3.63) is 45.3 Å². The van der Waals surface area contributed by atoms with Crippen molar-refractivity contribution in [2.45, 2.75) is 40.2 Å². The molecule has 1 aliphatic heterocycles. The largest absolute Gasteiger partial charge is 0.423 e. The average molecular weight is 286 g/mol. The molecule has 0 bridgehead atoms. The first-order chi connectivity index (χ1) is 10.0. The van der Waals surface area contributed by atoms with Gasteiger partial charge in [-0.15, -0.1) is 0 Å². The van der Waals surface area contributed by atoms with Crippen LogP contribution < -0.4 is 10.5 Å². The number of quaternary nitrogens is 1. The average Bonchev–Trinajstić information content (AvgIpc) is 2.41. The van der Waals surface area contributed by atoms with E-state index < -0.39 is 0 Å². The second-order valence-electron chi connectivity index (χ2n) is 6.65. The molecule has 21 heavy (non-hydrogen) atoms. The zero-order valence-electron chi connectivity index (χ0n) is 13.2. The third-order valence-electron chi connectivity index (χ3n) is 4.75. The molecule has 1 N–H and O–H groups in total. The summed E-state index contributed by atoms with van der Waals surface area (Å²) >= 11 is 0. The Bertz CT molecular complexity index is 717. The predicted octanol–water partition coefficient (Wildman–Crippen LogP) is 2.22. The van der Waals surface area contributed by atoms with Crippen LogP contribution in [-0.2, 0) is 6.54 Å². The molecule has 3 rings (SSSR count). The van der Waals surface area contributed by atoms with E-state index >= 15 is 0 Å².